The Balaban J connectivity index is 1.65. The minimum absolute atomic E-state index is 0.125. The van der Waals surface area contributed by atoms with Crippen molar-refractivity contribution in [3.63, 3.8) is 0 Å². The third-order valence-corrected chi connectivity index (χ3v) is 4.72. The average molecular weight is 414 g/mol. The van der Waals surface area contributed by atoms with Gasteiger partial charge in [-0.2, -0.15) is 0 Å². The van der Waals surface area contributed by atoms with Crippen LogP contribution in [0.2, 0.25) is 0 Å². The van der Waals surface area contributed by atoms with Gasteiger partial charge < -0.3 is 24.4 Å². The van der Waals surface area contributed by atoms with Gasteiger partial charge in [0.25, 0.3) is 0 Å². The fraction of sp³-hybridized carbons (Fsp3) is 0.273. The molecule has 1 fully saturated rings. The molecule has 0 spiro atoms. The molecule has 1 aliphatic heterocycles. The maximum Gasteiger partial charge on any atom is 0.244 e. The van der Waals surface area contributed by atoms with Crippen LogP contribution >= 0.6 is 0 Å². The first-order chi connectivity index (χ1) is 14.4. The fourth-order valence-electron chi connectivity index (χ4n) is 3.29. The molecule has 1 saturated heterocycles. The van der Waals surface area contributed by atoms with Crippen LogP contribution in [0.5, 0.6) is 17.2 Å². The van der Waals surface area contributed by atoms with Gasteiger partial charge in [0.05, 0.1) is 27.4 Å². The zero-order chi connectivity index (χ0) is 21.7. The molecule has 2 aromatic rings. The summed E-state index contributed by atoms with van der Waals surface area (Å²) in [6, 6.07) is 8.80. The summed E-state index contributed by atoms with van der Waals surface area (Å²) in [5.41, 5.74) is 1.29. The first-order valence-corrected chi connectivity index (χ1v) is 9.29. The molecule has 158 valence electrons. The number of rotatable bonds is 7. The number of anilines is 1. The second kappa shape index (κ2) is 9.30. The van der Waals surface area contributed by atoms with E-state index in [0.717, 1.165) is 0 Å². The number of halogens is 1. The molecular weight excluding hydrogens is 391 g/mol. The highest BCUT2D eigenvalue weighted by Gasteiger charge is 2.31. The summed E-state index contributed by atoms with van der Waals surface area (Å²) in [6.45, 7) is 0.328. The van der Waals surface area contributed by atoms with Crippen LogP contribution in [0.4, 0.5) is 10.1 Å². The van der Waals surface area contributed by atoms with Crippen molar-refractivity contribution in [1.82, 2.24) is 5.32 Å². The van der Waals surface area contributed by atoms with E-state index in [-0.39, 0.29) is 30.1 Å². The normalized spacial score (nSPS) is 16.1. The second-order valence-corrected chi connectivity index (χ2v) is 6.68. The molecule has 3 rings (SSSR count). The van der Waals surface area contributed by atoms with Gasteiger partial charge in [0.15, 0.2) is 11.5 Å². The lowest BCUT2D eigenvalue weighted by Gasteiger charge is -2.17. The number of amides is 2. The number of benzene rings is 2. The summed E-state index contributed by atoms with van der Waals surface area (Å²) < 4.78 is 29.0. The molecule has 1 heterocycles. The van der Waals surface area contributed by atoms with Crippen LogP contribution in [0.3, 0.4) is 0 Å². The van der Waals surface area contributed by atoms with Crippen molar-refractivity contribution in [3.8, 4) is 17.2 Å². The first-order valence-electron chi connectivity index (χ1n) is 9.29. The number of ether oxygens (including phenoxy) is 3. The number of nitrogens with zero attached hydrogens (tertiary/aromatic N) is 1. The monoisotopic (exact) mass is 414 g/mol. The minimum Gasteiger partial charge on any atom is -0.493 e. The van der Waals surface area contributed by atoms with Crippen LogP contribution < -0.4 is 24.4 Å². The van der Waals surface area contributed by atoms with Crippen molar-refractivity contribution in [1.29, 1.82) is 0 Å². The SMILES string of the molecule is COc1cc(/C=C/C(=O)NC2CC(=O)N(c3ccc(F)cc3)C2)cc(OC)c1OC. The summed E-state index contributed by atoms with van der Waals surface area (Å²) in [7, 11) is 4.55. The van der Waals surface area contributed by atoms with Crippen molar-refractivity contribution >= 4 is 23.6 Å². The van der Waals surface area contributed by atoms with Crippen LogP contribution in [0.25, 0.3) is 6.08 Å². The van der Waals surface area contributed by atoms with Gasteiger partial charge in [0.2, 0.25) is 17.6 Å². The third-order valence-electron chi connectivity index (χ3n) is 4.72. The maximum atomic E-state index is 13.1. The van der Waals surface area contributed by atoms with E-state index in [1.165, 1.54) is 44.4 Å². The molecule has 1 atom stereocenters. The summed E-state index contributed by atoms with van der Waals surface area (Å²) in [5, 5.41) is 2.82. The van der Waals surface area contributed by atoms with Gasteiger partial charge in [-0.3, -0.25) is 9.59 Å². The molecule has 8 heteroatoms. The Morgan fingerprint density at radius 2 is 1.73 bits per heavy atom. The summed E-state index contributed by atoms with van der Waals surface area (Å²) in [5.74, 6) is 0.601. The van der Waals surface area contributed by atoms with E-state index in [2.05, 4.69) is 5.32 Å². The number of hydrogen-bond donors (Lipinski definition) is 1. The Kier molecular flexibility index (Phi) is 6.56. The maximum absolute atomic E-state index is 13.1. The molecule has 0 aliphatic carbocycles. The van der Waals surface area contributed by atoms with Crippen LogP contribution in [0.15, 0.2) is 42.5 Å². The second-order valence-electron chi connectivity index (χ2n) is 6.68. The molecule has 1 N–H and O–H groups in total. The number of hydrogen-bond acceptors (Lipinski definition) is 5. The molecule has 7 nitrogen and oxygen atoms in total. The summed E-state index contributed by atoms with van der Waals surface area (Å²) >= 11 is 0. The Bertz CT molecular complexity index is 933. The van der Waals surface area contributed by atoms with E-state index >= 15 is 0 Å². The van der Waals surface area contributed by atoms with Gasteiger partial charge in [-0.25, -0.2) is 4.39 Å². The molecule has 1 unspecified atom stereocenters. The topological polar surface area (TPSA) is 77.1 Å². The highest BCUT2D eigenvalue weighted by molar-refractivity contribution is 5.98. The van der Waals surface area contributed by atoms with E-state index in [1.54, 1.807) is 30.3 Å². The zero-order valence-electron chi connectivity index (χ0n) is 17.0. The van der Waals surface area contributed by atoms with Gasteiger partial charge >= 0.3 is 0 Å². The molecule has 2 aromatic carbocycles. The number of nitrogens with one attached hydrogen (secondary N) is 1. The van der Waals surface area contributed by atoms with Gasteiger partial charge in [-0.05, 0) is 48.0 Å². The minimum atomic E-state index is -0.368. The van der Waals surface area contributed by atoms with E-state index in [0.29, 0.717) is 35.0 Å². The van der Waals surface area contributed by atoms with Gasteiger partial charge in [-0.15, -0.1) is 0 Å². The van der Waals surface area contributed by atoms with Crippen molar-refractivity contribution in [2.75, 3.05) is 32.8 Å². The van der Waals surface area contributed by atoms with Gasteiger partial charge in [0, 0.05) is 24.7 Å². The molecule has 2 amide bonds. The van der Waals surface area contributed by atoms with E-state index in [1.807, 2.05) is 0 Å². The Labute approximate surface area is 174 Å². The van der Waals surface area contributed by atoms with E-state index in [4.69, 9.17) is 14.2 Å². The van der Waals surface area contributed by atoms with E-state index in [9.17, 15) is 14.0 Å². The average Bonchev–Trinajstić information content (AvgIpc) is 3.11. The number of carbonyl (C=O) groups is 2. The predicted molar refractivity (Wildman–Crippen MR) is 110 cm³/mol. The Hall–Kier alpha value is -3.55. The smallest absolute Gasteiger partial charge is 0.244 e. The van der Waals surface area contributed by atoms with Crippen LogP contribution in [-0.2, 0) is 9.59 Å². The quantitative estimate of drug-likeness (QED) is 0.705. The summed E-state index contributed by atoms with van der Waals surface area (Å²) in [6.07, 6.45) is 3.18. The third kappa shape index (κ3) is 4.71. The van der Waals surface area contributed by atoms with Gasteiger partial charge in [0.1, 0.15) is 5.82 Å². The first kappa shape index (κ1) is 21.2. The van der Waals surface area contributed by atoms with Gasteiger partial charge in [-0.1, -0.05) is 0 Å². The number of carbonyl (C=O) groups excluding carboxylic acids is 2. The van der Waals surface area contributed by atoms with Crippen molar-refractivity contribution in [3.05, 3.63) is 53.9 Å². The predicted octanol–water partition coefficient (Wildman–Crippen LogP) is 2.79. The highest BCUT2D eigenvalue weighted by atomic mass is 19.1. The molecular formula is C22H23FN2O5. The fourth-order valence-corrected chi connectivity index (χ4v) is 3.29. The van der Waals surface area contributed by atoms with Crippen LogP contribution in [0, 0.1) is 5.82 Å². The molecule has 0 radical (unpaired) electrons. The van der Waals surface area contributed by atoms with Crippen LogP contribution in [0.1, 0.15) is 12.0 Å². The Morgan fingerprint density at radius 3 is 2.30 bits per heavy atom. The lowest BCUT2D eigenvalue weighted by molar-refractivity contribution is -0.117. The number of methoxy groups -OCH3 is 3. The molecule has 0 saturated carbocycles. The zero-order valence-corrected chi connectivity index (χ0v) is 17.0. The van der Waals surface area contributed by atoms with Crippen molar-refractivity contribution in [2.24, 2.45) is 0 Å². The lowest BCUT2D eigenvalue weighted by atomic mass is 10.1. The molecule has 0 bridgehead atoms. The molecule has 1 aliphatic rings. The molecule has 30 heavy (non-hydrogen) atoms. The van der Waals surface area contributed by atoms with Crippen molar-refractivity contribution in [2.45, 2.75) is 12.5 Å². The van der Waals surface area contributed by atoms with E-state index < -0.39 is 0 Å². The highest BCUT2D eigenvalue weighted by Crippen LogP contribution is 2.38. The standard InChI is InChI=1S/C22H23FN2O5/c1-28-18-10-14(11-19(29-2)22(18)30-3)4-9-20(26)24-16-12-21(27)25(13-16)17-7-5-15(23)6-8-17/h4-11,16H,12-13H2,1-3H3,(H,24,26)/b9-4+. The summed E-state index contributed by atoms with van der Waals surface area (Å²) in [4.78, 5) is 26.1. The van der Waals surface area contributed by atoms with Crippen LogP contribution in [-0.4, -0.2) is 45.7 Å². The van der Waals surface area contributed by atoms with Crippen molar-refractivity contribution < 1.29 is 28.2 Å². The largest absolute Gasteiger partial charge is 0.493 e. The lowest BCUT2D eigenvalue weighted by Crippen LogP contribution is -2.36. The Morgan fingerprint density at radius 1 is 1.10 bits per heavy atom. The molecule has 0 aromatic heterocycles.